The second-order valence-electron chi connectivity index (χ2n) is 6.69. The summed E-state index contributed by atoms with van der Waals surface area (Å²) in [7, 11) is 1.90. The van der Waals surface area contributed by atoms with Crippen LogP contribution in [0.4, 0.5) is 4.39 Å². The van der Waals surface area contributed by atoms with Gasteiger partial charge in [-0.15, -0.1) is 0 Å². The van der Waals surface area contributed by atoms with E-state index in [4.69, 9.17) is 4.74 Å². The largest absolute Gasteiger partial charge is 0.489 e. The minimum absolute atomic E-state index is 0.120. The van der Waals surface area contributed by atoms with E-state index >= 15 is 0 Å². The van der Waals surface area contributed by atoms with Gasteiger partial charge in [-0.05, 0) is 36.9 Å². The number of likely N-dealkylation sites (N-methyl/N-ethyl adjacent to an activating group) is 1. The number of aromatic nitrogens is 1. The molecule has 0 spiro atoms. The summed E-state index contributed by atoms with van der Waals surface area (Å²) in [6.07, 6.45) is 5.20. The first-order valence-corrected chi connectivity index (χ1v) is 8.87. The molecule has 3 rings (SSSR count). The van der Waals surface area contributed by atoms with Crippen molar-refractivity contribution in [3.63, 3.8) is 0 Å². The lowest BCUT2D eigenvalue weighted by Crippen LogP contribution is -2.45. The van der Waals surface area contributed by atoms with E-state index in [1.54, 1.807) is 24.5 Å². The molecular formula is C20H24FN3O2. The zero-order valence-electron chi connectivity index (χ0n) is 15.0. The number of rotatable bonds is 6. The van der Waals surface area contributed by atoms with Crippen molar-refractivity contribution in [1.82, 2.24) is 14.8 Å². The number of ether oxygens (including phenoxy) is 1. The predicted molar refractivity (Wildman–Crippen MR) is 97.2 cm³/mol. The molecule has 0 aliphatic carbocycles. The van der Waals surface area contributed by atoms with Crippen molar-refractivity contribution in [2.75, 3.05) is 26.7 Å². The van der Waals surface area contributed by atoms with Gasteiger partial charge in [0.05, 0.1) is 12.7 Å². The Morgan fingerprint density at radius 1 is 1.27 bits per heavy atom. The van der Waals surface area contributed by atoms with Gasteiger partial charge in [0.25, 0.3) is 0 Å². The summed E-state index contributed by atoms with van der Waals surface area (Å²) < 4.78 is 18.9. The third-order valence-electron chi connectivity index (χ3n) is 4.50. The molecule has 1 fully saturated rings. The average Bonchev–Trinajstić information content (AvgIpc) is 2.65. The Hall–Kier alpha value is -2.47. The topological polar surface area (TPSA) is 45.7 Å². The number of piperidine rings is 1. The Bertz CT molecular complexity index is 701. The number of carbonyl (C=O) groups excluding carboxylic acids is 1. The number of hydrogen-bond acceptors (Lipinski definition) is 4. The lowest BCUT2D eigenvalue weighted by molar-refractivity contribution is -0.134. The Kier molecular flexibility index (Phi) is 6.17. The molecule has 2 heterocycles. The molecule has 1 aliphatic heterocycles. The van der Waals surface area contributed by atoms with Gasteiger partial charge in [-0.2, -0.15) is 0 Å². The third kappa shape index (κ3) is 5.26. The molecule has 0 unspecified atom stereocenters. The van der Waals surface area contributed by atoms with Crippen molar-refractivity contribution in [1.29, 1.82) is 0 Å². The van der Waals surface area contributed by atoms with Gasteiger partial charge in [-0.3, -0.25) is 14.7 Å². The van der Waals surface area contributed by atoms with Gasteiger partial charge in [0.1, 0.15) is 17.7 Å². The van der Waals surface area contributed by atoms with E-state index in [2.05, 4.69) is 4.98 Å². The second kappa shape index (κ2) is 8.76. The summed E-state index contributed by atoms with van der Waals surface area (Å²) in [5.74, 6) is 0.648. The van der Waals surface area contributed by atoms with Crippen LogP contribution in [0, 0.1) is 5.82 Å². The van der Waals surface area contributed by atoms with Gasteiger partial charge in [-0.25, -0.2) is 4.39 Å². The molecule has 1 aromatic carbocycles. The molecule has 5 nitrogen and oxygen atoms in total. The van der Waals surface area contributed by atoms with E-state index in [0.717, 1.165) is 24.2 Å². The van der Waals surface area contributed by atoms with Crippen LogP contribution < -0.4 is 4.74 Å². The Balaban J connectivity index is 1.42. The van der Waals surface area contributed by atoms with Crippen LogP contribution in [0.25, 0.3) is 0 Å². The molecule has 138 valence electrons. The minimum atomic E-state index is -0.246. The minimum Gasteiger partial charge on any atom is -0.489 e. The number of amides is 1. The second-order valence-corrected chi connectivity index (χ2v) is 6.69. The van der Waals surface area contributed by atoms with Gasteiger partial charge in [-0.1, -0.05) is 12.1 Å². The van der Waals surface area contributed by atoms with Crippen LogP contribution in [0.1, 0.15) is 18.4 Å². The fourth-order valence-corrected chi connectivity index (χ4v) is 3.12. The highest BCUT2D eigenvalue weighted by atomic mass is 19.1. The number of halogens is 1. The summed E-state index contributed by atoms with van der Waals surface area (Å²) in [4.78, 5) is 20.4. The van der Waals surface area contributed by atoms with Crippen molar-refractivity contribution < 1.29 is 13.9 Å². The number of benzene rings is 1. The van der Waals surface area contributed by atoms with Crippen molar-refractivity contribution >= 4 is 5.91 Å². The van der Waals surface area contributed by atoms with E-state index in [9.17, 15) is 9.18 Å². The first-order valence-electron chi connectivity index (χ1n) is 8.87. The summed E-state index contributed by atoms with van der Waals surface area (Å²) in [5.41, 5.74) is 0.991. The maximum Gasteiger partial charge on any atom is 0.236 e. The molecule has 0 N–H and O–H groups in total. The standard InChI is InChI=1S/C20H24FN3O2/c1-23(14-16-4-6-17(21)7-5-16)15-20(25)24-11-8-18(9-12-24)26-19-3-2-10-22-13-19/h2-7,10,13,18H,8-9,11-12,14-15H2,1H3. The number of likely N-dealkylation sites (tertiary alicyclic amines) is 1. The highest BCUT2D eigenvalue weighted by molar-refractivity contribution is 5.78. The van der Waals surface area contributed by atoms with Gasteiger partial charge in [0.15, 0.2) is 0 Å². The molecule has 0 bridgehead atoms. The van der Waals surface area contributed by atoms with Crippen LogP contribution in [-0.4, -0.2) is 53.5 Å². The zero-order valence-corrected chi connectivity index (χ0v) is 15.0. The van der Waals surface area contributed by atoms with E-state index < -0.39 is 0 Å². The number of nitrogens with zero attached hydrogens (tertiary/aromatic N) is 3. The van der Waals surface area contributed by atoms with Crippen LogP contribution in [0.2, 0.25) is 0 Å². The summed E-state index contributed by atoms with van der Waals surface area (Å²) in [5, 5.41) is 0. The maximum atomic E-state index is 13.0. The normalized spacial score (nSPS) is 15.3. The van der Waals surface area contributed by atoms with E-state index in [1.165, 1.54) is 12.1 Å². The van der Waals surface area contributed by atoms with E-state index in [-0.39, 0.29) is 17.8 Å². The molecule has 2 aromatic rings. The average molecular weight is 357 g/mol. The van der Waals surface area contributed by atoms with Crippen LogP contribution in [0.3, 0.4) is 0 Å². The quantitative estimate of drug-likeness (QED) is 0.797. The lowest BCUT2D eigenvalue weighted by Gasteiger charge is -2.33. The number of pyridine rings is 1. The van der Waals surface area contributed by atoms with Gasteiger partial charge < -0.3 is 9.64 Å². The fraction of sp³-hybridized carbons (Fsp3) is 0.400. The molecular weight excluding hydrogens is 333 g/mol. The molecule has 1 aromatic heterocycles. The predicted octanol–water partition coefficient (Wildman–Crippen LogP) is 2.72. The molecule has 0 radical (unpaired) electrons. The van der Waals surface area contributed by atoms with Crippen LogP contribution >= 0.6 is 0 Å². The van der Waals surface area contributed by atoms with E-state index in [1.807, 2.05) is 29.0 Å². The zero-order chi connectivity index (χ0) is 18.4. The lowest BCUT2D eigenvalue weighted by atomic mass is 10.1. The van der Waals surface area contributed by atoms with Crippen molar-refractivity contribution in [3.8, 4) is 5.75 Å². The summed E-state index contributed by atoms with van der Waals surface area (Å²) >= 11 is 0. The first kappa shape index (κ1) is 18.3. The van der Waals surface area contributed by atoms with Gasteiger partial charge in [0, 0.05) is 38.7 Å². The molecule has 1 saturated heterocycles. The third-order valence-corrected chi connectivity index (χ3v) is 4.50. The van der Waals surface area contributed by atoms with Crippen LogP contribution in [0.5, 0.6) is 5.75 Å². The first-order chi connectivity index (χ1) is 12.6. The van der Waals surface area contributed by atoms with E-state index in [0.29, 0.717) is 26.2 Å². The monoisotopic (exact) mass is 357 g/mol. The summed E-state index contributed by atoms with van der Waals surface area (Å²) in [6.45, 7) is 2.38. The van der Waals surface area contributed by atoms with Crippen LogP contribution in [-0.2, 0) is 11.3 Å². The van der Waals surface area contributed by atoms with Crippen molar-refractivity contribution in [2.24, 2.45) is 0 Å². The molecule has 0 saturated carbocycles. The molecule has 1 amide bonds. The molecule has 26 heavy (non-hydrogen) atoms. The van der Waals surface area contributed by atoms with Crippen molar-refractivity contribution in [3.05, 3.63) is 60.2 Å². The number of hydrogen-bond donors (Lipinski definition) is 0. The van der Waals surface area contributed by atoms with Gasteiger partial charge in [0.2, 0.25) is 5.91 Å². The smallest absolute Gasteiger partial charge is 0.236 e. The van der Waals surface area contributed by atoms with Crippen LogP contribution in [0.15, 0.2) is 48.8 Å². The molecule has 1 aliphatic rings. The highest BCUT2D eigenvalue weighted by Crippen LogP contribution is 2.18. The summed E-state index contributed by atoms with van der Waals surface area (Å²) in [6, 6.07) is 10.1. The Morgan fingerprint density at radius 3 is 2.65 bits per heavy atom. The SMILES string of the molecule is CN(CC(=O)N1CCC(Oc2cccnc2)CC1)Cc1ccc(F)cc1. The highest BCUT2D eigenvalue weighted by Gasteiger charge is 2.24. The fourth-order valence-electron chi connectivity index (χ4n) is 3.12. The maximum absolute atomic E-state index is 13.0. The Labute approximate surface area is 153 Å². The molecule has 0 atom stereocenters. The number of carbonyl (C=O) groups is 1. The van der Waals surface area contributed by atoms with Gasteiger partial charge >= 0.3 is 0 Å². The molecule has 6 heteroatoms. The van der Waals surface area contributed by atoms with Crippen molar-refractivity contribution in [2.45, 2.75) is 25.5 Å². The Morgan fingerprint density at radius 2 is 2.00 bits per heavy atom.